The fraction of sp³-hybridized carbons (Fsp3) is 0.429. The summed E-state index contributed by atoms with van der Waals surface area (Å²) in [5.41, 5.74) is 4.81. The summed E-state index contributed by atoms with van der Waals surface area (Å²) in [6.07, 6.45) is 1.11. The monoisotopic (exact) mass is 237 g/mol. The first-order valence-electron chi connectivity index (χ1n) is 3.94. The predicted octanol–water partition coefficient (Wildman–Crippen LogP) is -0.502. The molecule has 0 fully saturated rings. The first-order chi connectivity index (χ1) is 6.75. The number of unbranched alkanes of at least 4 members (excludes halogenated alkanes) is 1. The van der Waals surface area contributed by atoms with Crippen molar-refractivity contribution >= 4 is 22.0 Å². The van der Waals surface area contributed by atoms with Gasteiger partial charge in [0.15, 0.2) is 4.91 Å². The van der Waals surface area contributed by atoms with Crippen LogP contribution in [0.15, 0.2) is 11.0 Å². The van der Waals surface area contributed by atoms with Crippen molar-refractivity contribution in [2.45, 2.75) is 19.3 Å². The molecule has 0 unspecified atom stereocenters. The third-order valence-corrected chi connectivity index (χ3v) is 2.34. The van der Waals surface area contributed by atoms with Gasteiger partial charge in [-0.05, 0) is 12.8 Å². The van der Waals surface area contributed by atoms with Crippen molar-refractivity contribution in [3.8, 4) is 0 Å². The molecule has 0 heterocycles. The van der Waals surface area contributed by atoms with Gasteiger partial charge in [0.1, 0.15) is 0 Å². The van der Waals surface area contributed by atoms with E-state index >= 15 is 0 Å². The highest BCUT2D eigenvalue weighted by Gasteiger charge is 2.20. The Balaban J connectivity index is 4.47. The molecule has 0 aromatic heterocycles. The number of rotatable bonds is 6. The molecule has 0 saturated carbocycles. The molecule has 15 heavy (non-hydrogen) atoms. The molecular formula is C7H11NO6S. The lowest BCUT2D eigenvalue weighted by molar-refractivity contribution is -0.131. The molecule has 7 nitrogen and oxygen atoms in total. The van der Waals surface area contributed by atoms with Gasteiger partial charge in [0.25, 0.3) is 0 Å². The van der Waals surface area contributed by atoms with E-state index in [1.54, 1.807) is 0 Å². The fourth-order valence-corrected chi connectivity index (χ4v) is 1.36. The average Bonchev–Trinajstić information content (AvgIpc) is 1.99. The molecule has 0 atom stereocenters. The van der Waals surface area contributed by atoms with Crippen LogP contribution in [0, 0.1) is 0 Å². The van der Waals surface area contributed by atoms with Crippen molar-refractivity contribution in [2.75, 3.05) is 0 Å². The van der Waals surface area contributed by atoms with Crippen LogP contribution in [-0.4, -0.2) is 30.0 Å². The number of aliphatic carboxylic acids is 1. The van der Waals surface area contributed by atoms with E-state index in [0.29, 0.717) is 0 Å². The maximum Gasteiger partial charge on any atom is 0.349 e. The van der Waals surface area contributed by atoms with Crippen LogP contribution in [0.4, 0.5) is 0 Å². The van der Waals surface area contributed by atoms with E-state index in [1.165, 1.54) is 0 Å². The lowest BCUT2D eigenvalue weighted by Crippen LogP contribution is -2.12. The molecule has 0 radical (unpaired) electrons. The third kappa shape index (κ3) is 5.81. The number of nitrogens with two attached hydrogens (primary N) is 1. The highest BCUT2D eigenvalue weighted by atomic mass is 32.2. The van der Waals surface area contributed by atoms with Crippen LogP contribution in [0.2, 0.25) is 0 Å². The lowest BCUT2D eigenvalue weighted by atomic mass is 10.2. The number of carboxylic acid groups (broad SMARTS) is 1. The third-order valence-electron chi connectivity index (χ3n) is 1.45. The van der Waals surface area contributed by atoms with Crippen molar-refractivity contribution in [3.63, 3.8) is 0 Å². The molecule has 0 aromatic rings. The molecule has 8 heteroatoms. The molecule has 86 valence electrons. The van der Waals surface area contributed by atoms with Crippen LogP contribution >= 0.6 is 0 Å². The normalized spacial score (nSPS) is 12.5. The van der Waals surface area contributed by atoms with Crippen LogP contribution in [0.1, 0.15) is 19.3 Å². The molecule has 0 aliphatic heterocycles. The Bertz CT molecular complexity index is 382. The first-order valence-corrected chi connectivity index (χ1v) is 5.38. The summed E-state index contributed by atoms with van der Waals surface area (Å²) >= 11 is 0. The van der Waals surface area contributed by atoms with Crippen molar-refractivity contribution < 1.29 is 27.7 Å². The van der Waals surface area contributed by atoms with Crippen molar-refractivity contribution in [3.05, 3.63) is 11.0 Å². The molecule has 0 aliphatic carbocycles. The predicted molar refractivity (Wildman–Crippen MR) is 50.3 cm³/mol. The lowest BCUT2D eigenvalue weighted by Gasteiger charge is -1.97. The molecule has 0 aromatic carbocycles. The van der Waals surface area contributed by atoms with Gasteiger partial charge in [-0.15, -0.1) is 0 Å². The second kappa shape index (κ2) is 5.47. The minimum atomic E-state index is -4.72. The van der Waals surface area contributed by atoms with Crippen LogP contribution in [0.25, 0.3) is 0 Å². The zero-order valence-electron chi connectivity index (χ0n) is 7.71. The van der Waals surface area contributed by atoms with Gasteiger partial charge in [-0.3, -0.25) is 9.35 Å². The Morgan fingerprint density at radius 1 is 1.33 bits per heavy atom. The summed E-state index contributed by atoms with van der Waals surface area (Å²) in [6, 6.07) is 0. The summed E-state index contributed by atoms with van der Waals surface area (Å²) in [7, 11) is -4.72. The molecule has 4 N–H and O–H groups in total. The van der Waals surface area contributed by atoms with Gasteiger partial charge in [0, 0.05) is 6.42 Å². The van der Waals surface area contributed by atoms with Gasteiger partial charge in [0.05, 0.1) is 0 Å². The van der Waals surface area contributed by atoms with E-state index in [1.807, 2.05) is 0 Å². The summed E-state index contributed by atoms with van der Waals surface area (Å²) < 4.78 is 29.5. The highest BCUT2D eigenvalue weighted by molar-refractivity contribution is 7.90. The number of carbonyl (C=O) groups excluding carboxylic acids is 1. The standard InChI is InChI=1S/C7H11NO6S/c8-6(9)4-2-1-3-5(7(10)11)15(12,13)14/h3H,1-2,4H2,(H2,8,9)(H,10,11)(H,12,13,14). The maximum absolute atomic E-state index is 10.5. The maximum atomic E-state index is 10.5. The van der Waals surface area contributed by atoms with Crippen LogP contribution in [0.3, 0.4) is 0 Å². The van der Waals surface area contributed by atoms with E-state index in [0.717, 1.165) is 6.08 Å². The average molecular weight is 237 g/mol. The van der Waals surface area contributed by atoms with Crippen molar-refractivity contribution in [2.24, 2.45) is 5.73 Å². The number of hydrogen-bond donors (Lipinski definition) is 3. The number of allylic oxidation sites excluding steroid dienone is 1. The van der Waals surface area contributed by atoms with Gasteiger partial charge in [-0.2, -0.15) is 8.42 Å². The van der Waals surface area contributed by atoms with Gasteiger partial charge in [-0.1, -0.05) is 6.08 Å². The Morgan fingerprint density at radius 3 is 2.20 bits per heavy atom. The summed E-state index contributed by atoms with van der Waals surface area (Å²) in [6.45, 7) is 0. The van der Waals surface area contributed by atoms with E-state index in [4.69, 9.17) is 15.4 Å². The Kier molecular flexibility index (Phi) is 4.95. The molecule has 0 rings (SSSR count). The quantitative estimate of drug-likeness (QED) is 0.323. The second-order valence-corrected chi connectivity index (χ2v) is 4.10. The smallest absolute Gasteiger partial charge is 0.349 e. The number of primary amides is 1. The molecule has 0 saturated heterocycles. The summed E-state index contributed by atoms with van der Waals surface area (Å²) in [4.78, 5) is 19.6. The minimum absolute atomic E-state index is 0.0227. The van der Waals surface area contributed by atoms with Crippen molar-refractivity contribution in [1.29, 1.82) is 0 Å². The van der Waals surface area contributed by atoms with E-state index in [2.05, 4.69) is 0 Å². The topological polar surface area (TPSA) is 135 Å². The SMILES string of the molecule is NC(=O)CCCC=C(C(=O)O)S(=O)(=O)O. The largest absolute Gasteiger partial charge is 0.477 e. The molecule has 0 aliphatic rings. The van der Waals surface area contributed by atoms with Crippen LogP contribution in [0.5, 0.6) is 0 Å². The van der Waals surface area contributed by atoms with E-state index in [9.17, 15) is 18.0 Å². The first kappa shape index (κ1) is 13.6. The van der Waals surface area contributed by atoms with Crippen LogP contribution < -0.4 is 5.73 Å². The number of carboxylic acids is 1. The zero-order chi connectivity index (χ0) is 12.1. The van der Waals surface area contributed by atoms with E-state index < -0.39 is 26.9 Å². The van der Waals surface area contributed by atoms with Gasteiger partial charge < -0.3 is 10.8 Å². The van der Waals surface area contributed by atoms with E-state index in [-0.39, 0.29) is 19.3 Å². The molecule has 0 spiro atoms. The molecule has 1 amide bonds. The Hall–Kier alpha value is -1.41. The Morgan fingerprint density at radius 2 is 1.87 bits per heavy atom. The number of carbonyl (C=O) groups is 2. The van der Waals surface area contributed by atoms with Gasteiger partial charge in [0.2, 0.25) is 5.91 Å². The summed E-state index contributed by atoms with van der Waals surface area (Å²) in [5, 5.41) is 8.42. The Labute approximate surface area is 86.3 Å². The van der Waals surface area contributed by atoms with Crippen molar-refractivity contribution in [1.82, 2.24) is 0 Å². The zero-order valence-corrected chi connectivity index (χ0v) is 8.53. The van der Waals surface area contributed by atoms with Crippen LogP contribution in [-0.2, 0) is 19.7 Å². The number of amides is 1. The van der Waals surface area contributed by atoms with Gasteiger partial charge >= 0.3 is 16.1 Å². The molecular weight excluding hydrogens is 226 g/mol. The molecule has 0 bridgehead atoms. The summed E-state index contributed by atoms with van der Waals surface area (Å²) in [5.74, 6) is -2.30. The number of hydrogen-bond acceptors (Lipinski definition) is 4. The minimum Gasteiger partial charge on any atom is -0.477 e. The fourth-order valence-electron chi connectivity index (χ4n) is 0.812. The van der Waals surface area contributed by atoms with Gasteiger partial charge in [-0.25, -0.2) is 4.79 Å². The highest BCUT2D eigenvalue weighted by Crippen LogP contribution is 2.07. The second-order valence-electron chi connectivity index (χ2n) is 2.71.